The molecule has 5 atom stereocenters. The first-order valence-electron chi connectivity index (χ1n) is 11.8. The van der Waals surface area contributed by atoms with Crippen molar-refractivity contribution in [3.63, 3.8) is 0 Å². The molecule has 0 radical (unpaired) electrons. The van der Waals surface area contributed by atoms with Crippen LogP contribution in [0.2, 0.25) is 0 Å². The highest BCUT2D eigenvalue weighted by Crippen LogP contribution is 2.49. The van der Waals surface area contributed by atoms with Gasteiger partial charge in [0.1, 0.15) is 6.10 Å². The van der Waals surface area contributed by atoms with Gasteiger partial charge in [-0.3, -0.25) is 19.2 Å². The fraction of sp³-hybridized carbons (Fsp3) is 0.615. The largest absolute Gasteiger partial charge is 0.458 e. The highest BCUT2D eigenvalue weighted by atomic mass is 16.6. The van der Waals surface area contributed by atoms with Crippen molar-refractivity contribution in [1.82, 2.24) is 0 Å². The number of Topliss-reactive ketones (excluding diaryl/α,β-unsaturated/α-hetero) is 1. The second-order valence-electron chi connectivity index (χ2n) is 9.86. The molecule has 0 amide bonds. The Bertz CT molecular complexity index is 1020. The summed E-state index contributed by atoms with van der Waals surface area (Å²) in [5, 5.41) is 31.9. The van der Waals surface area contributed by atoms with Crippen molar-refractivity contribution in [2.24, 2.45) is 11.3 Å². The topological polar surface area (TPSA) is 157 Å². The number of ketones is 1. The van der Waals surface area contributed by atoms with Gasteiger partial charge in [-0.2, -0.15) is 0 Å². The summed E-state index contributed by atoms with van der Waals surface area (Å²) < 4.78 is 16.6. The zero-order valence-corrected chi connectivity index (χ0v) is 21.8. The Kier molecular flexibility index (Phi) is 9.39. The Morgan fingerprint density at radius 3 is 2.11 bits per heavy atom. The molecular formula is C26H36O10. The van der Waals surface area contributed by atoms with Crippen molar-refractivity contribution in [2.45, 2.75) is 85.7 Å². The second kappa shape index (κ2) is 11.5. The van der Waals surface area contributed by atoms with Gasteiger partial charge >= 0.3 is 17.9 Å². The molecule has 0 heterocycles. The molecule has 0 aromatic heterocycles. The van der Waals surface area contributed by atoms with Crippen LogP contribution in [0.3, 0.4) is 0 Å². The maximum atomic E-state index is 13.1. The standard InChI is InChI=1S/C26H36O10/c1-12-19(31)9-18-21(33)8-17(11-27)20(32)10-22(34-14(3)28)13(2)24(35-15(4)29)25(36-16(5)30)23(12)26(18,6)7/h8,18,20-22,25,27,32-33H,9-11H2,1-7H3/b17-8-,24-13+/t18-,20-,21-,22-,25+/m0/s1. The van der Waals surface area contributed by atoms with Crippen molar-refractivity contribution in [3.8, 4) is 0 Å². The van der Waals surface area contributed by atoms with Crippen LogP contribution >= 0.6 is 0 Å². The number of aliphatic hydroxyl groups excluding tert-OH is 3. The molecule has 0 aromatic carbocycles. The summed E-state index contributed by atoms with van der Waals surface area (Å²) in [5.74, 6) is -3.35. The highest BCUT2D eigenvalue weighted by molar-refractivity contribution is 5.97. The van der Waals surface area contributed by atoms with E-state index in [-0.39, 0.29) is 35.5 Å². The van der Waals surface area contributed by atoms with Crippen LogP contribution in [-0.2, 0) is 33.4 Å². The van der Waals surface area contributed by atoms with Gasteiger partial charge in [0.15, 0.2) is 17.6 Å². The monoisotopic (exact) mass is 508 g/mol. The van der Waals surface area contributed by atoms with Crippen LogP contribution in [0.15, 0.2) is 34.1 Å². The third kappa shape index (κ3) is 6.29. The molecule has 200 valence electrons. The molecule has 0 fully saturated rings. The first-order valence-corrected chi connectivity index (χ1v) is 11.8. The Morgan fingerprint density at radius 2 is 1.61 bits per heavy atom. The minimum Gasteiger partial charge on any atom is -0.458 e. The van der Waals surface area contributed by atoms with Gasteiger partial charge in [0.05, 0.1) is 18.8 Å². The van der Waals surface area contributed by atoms with Crippen LogP contribution in [0.1, 0.15) is 61.3 Å². The number of hydrogen-bond acceptors (Lipinski definition) is 10. The summed E-state index contributed by atoms with van der Waals surface area (Å²) in [6.45, 7) is 9.50. The van der Waals surface area contributed by atoms with E-state index >= 15 is 0 Å². The molecule has 2 aliphatic rings. The Hall–Kier alpha value is -2.82. The summed E-state index contributed by atoms with van der Waals surface area (Å²) in [6, 6.07) is 0. The van der Waals surface area contributed by atoms with Crippen LogP contribution in [0.25, 0.3) is 0 Å². The van der Waals surface area contributed by atoms with Gasteiger partial charge in [-0.25, -0.2) is 0 Å². The van der Waals surface area contributed by atoms with E-state index in [1.54, 1.807) is 20.8 Å². The van der Waals surface area contributed by atoms with Gasteiger partial charge in [-0.1, -0.05) is 19.9 Å². The summed E-state index contributed by atoms with van der Waals surface area (Å²) in [4.78, 5) is 49.4. The first kappa shape index (κ1) is 29.4. The first-order chi connectivity index (χ1) is 16.6. The van der Waals surface area contributed by atoms with Crippen LogP contribution in [0, 0.1) is 11.3 Å². The number of hydrogen-bond donors (Lipinski definition) is 3. The quantitative estimate of drug-likeness (QED) is 0.290. The third-order valence-corrected chi connectivity index (χ3v) is 6.91. The van der Waals surface area contributed by atoms with Crippen LogP contribution in [0.5, 0.6) is 0 Å². The molecule has 0 saturated heterocycles. The van der Waals surface area contributed by atoms with Gasteiger partial charge in [0.25, 0.3) is 0 Å². The fourth-order valence-corrected chi connectivity index (χ4v) is 5.06. The van der Waals surface area contributed by atoms with Crippen LogP contribution < -0.4 is 0 Å². The van der Waals surface area contributed by atoms with E-state index in [4.69, 9.17) is 14.2 Å². The number of ether oxygens (including phenoxy) is 3. The van der Waals surface area contributed by atoms with Crippen molar-refractivity contribution < 1.29 is 48.7 Å². The molecule has 0 aliphatic heterocycles. The molecule has 10 nitrogen and oxygen atoms in total. The average Bonchev–Trinajstić information content (AvgIpc) is 2.75. The molecule has 0 spiro atoms. The third-order valence-electron chi connectivity index (χ3n) is 6.91. The van der Waals surface area contributed by atoms with Crippen molar-refractivity contribution in [3.05, 3.63) is 34.1 Å². The zero-order valence-electron chi connectivity index (χ0n) is 21.8. The summed E-state index contributed by atoms with van der Waals surface area (Å²) in [5.41, 5.74) is -0.110. The van der Waals surface area contributed by atoms with Gasteiger partial charge in [0, 0.05) is 45.1 Å². The lowest BCUT2D eigenvalue weighted by Gasteiger charge is -2.45. The number of rotatable bonds is 4. The maximum absolute atomic E-state index is 13.1. The lowest BCUT2D eigenvalue weighted by Crippen LogP contribution is -2.46. The molecular weight excluding hydrogens is 472 g/mol. The zero-order chi connectivity index (χ0) is 27.5. The van der Waals surface area contributed by atoms with E-state index < -0.39 is 60.3 Å². The Balaban J connectivity index is 3.00. The minimum atomic E-state index is -1.35. The van der Waals surface area contributed by atoms with Crippen LogP contribution in [0.4, 0.5) is 0 Å². The summed E-state index contributed by atoms with van der Waals surface area (Å²) in [7, 11) is 0. The molecule has 10 heteroatoms. The van der Waals surface area contributed by atoms with E-state index in [2.05, 4.69) is 0 Å². The molecule has 0 unspecified atom stereocenters. The molecule has 2 rings (SSSR count). The number of allylic oxidation sites excluding steroid dienone is 1. The van der Waals surface area contributed by atoms with E-state index in [0.29, 0.717) is 11.1 Å². The maximum Gasteiger partial charge on any atom is 0.307 e. The molecule has 2 aliphatic carbocycles. The second-order valence-corrected chi connectivity index (χ2v) is 9.86. The van der Waals surface area contributed by atoms with Crippen molar-refractivity contribution in [2.75, 3.05) is 6.61 Å². The van der Waals surface area contributed by atoms with Crippen LogP contribution in [-0.4, -0.2) is 70.0 Å². The normalized spacial score (nSPS) is 32.4. The average molecular weight is 509 g/mol. The summed E-state index contributed by atoms with van der Waals surface area (Å²) >= 11 is 0. The van der Waals surface area contributed by atoms with Gasteiger partial charge in [-0.05, 0) is 36.0 Å². The van der Waals surface area contributed by atoms with E-state index in [1.807, 2.05) is 0 Å². The number of aliphatic hydroxyl groups is 3. The predicted octanol–water partition coefficient (Wildman–Crippen LogP) is 1.66. The van der Waals surface area contributed by atoms with Gasteiger partial charge in [-0.15, -0.1) is 0 Å². The van der Waals surface area contributed by atoms with Gasteiger partial charge < -0.3 is 29.5 Å². The van der Waals surface area contributed by atoms with E-state index in [1.165, 1.54) is 19.9 Å². The summed E-state index contributed by atoms with van der Waals surface area (Å²) in [6.07, 6.45) is -4.10. The van der Waals surface area contributed by atoms with E-state index in [9.17, 15) is 34.5 Å². The van der Waals surface area contributed by atoms with Gasteiger partial charge in [0.2, 0.25) is 0 Å². The SMILES string of the molecule is CC(=O)O/C1=C(\C)[C@@H](OC(C)=O)C[C@H](O)/C(CO)=C\[C@H](O)[C@@H]2CC(=O)C(C)=C([C@H]1OC(C)=O)C2(C)C. The number of esters is 3. The molecule has 36 heavy (non-hydrogen) atoms. The number of fused-ring (bicyclic) bond motifs is 2. The van der Waals surface area contributed by atoms with Crippen molar-refractivity contribution in [1.29, 1.82) is 0 Å². The lowest BCUT2D eigenvalue weighted by atomic mass is 9.61. The molecule has 2 bridgehead atoms. The Morgan fingerprint density at radius 1 is 1.03 bits per heavy atom. The smallest absolute Gasteiger partial charge is 0.307 e. The molecule has 0 aromatic rings. The number of carbonyl (C=O) groups excluding carboxylic acids is 4. The Labute approximate surface area is 210 Å². The van der Waals surface area contributed by atoms with E-state index in [0.717, 1.165) is 13.8 Å². The molecule has 0 saturated carbocycles. The molecule has 3 N–H and O–H groups in total. The lowest BCUT2D eigenvalue weighted by molar-refractivity contribution is -0.151. The predicted molar refractivity (Wildman–Crippen MR) is 127 cm³/mol. The number of carbonyl (C=O) groups is 4. The fourth-order valence-electron chi connectivity index (χ4n) is 5.06. The minimum absolute atomic E-state index is 0.0384. The van der Waals surface area contributed by atoms with Crippen molar-refractivity contribution >= 4 is 23.7 Å². The highest BCUT2D eigenvalue weighted by Gasteiger charge is 2.49.